The highest BCUT2D eigenvalue weighted by Crippen LogP contribution is 2.33. The first-order valence-corrected chi connectivity index (χ1v) is 5.75. The minimum Gasteiger partial charge on any atom is -0.411 e. The van der Waals surface area contributed by atoms with E-state index in [4.69, 9.17) is 5.21 Å². The van der Waals surface area contributed by atoms with E-state index >= 15 is 0 Å². The van der Waals surface area contributed by atoms with E-state index in [2.05, 4.69) is 15.2 Å². The van der Waals surface area contributed by atoms with Gasteiger partial charge >= 0.3 is 6.18 Å². The number of nitrogens with one attached hydrogen (secondary N) is 1. The highest BCUT2D eigenvalue weighted by atomic mass is 19.4. The van der Waals surface area contributed by atoms with Gasteiger partial charge in [0.15, 0.2) is 0 Å². The lowest BCUT2D eigenvalue weighted by Gasteiger charge is -2.04. The van der Waals surface area contributed by atoms with E-state index in [0.29, 0.717) is 6.21 Å². The van der Waals surface area contributed by atoms with Gasteiger partial charge < -0.3 is 5.21 Å². The number of H-pyrrole nitrogens is 1. The summed E-state index contributed by atoms with van der Waals surface area (Å²) < 4.78 is 38.4. The zero-order valence-electron chi connectivity index (χ0n) is 10.4. The van der Waals surface area contributed by atoms with Crippen LogP contribution in [0.15, 0.2) is 23.5 Å². The molecule has 0 aliphatic heterocycles. The molecule has 20 heavy (non-hydrogen) atoms. The van der Waals surface area contributed by atoms with E-state index in [1.54, 1.807) is 18.3 Å². The molecule has 106 valence electrons. The van der Waals surface area contributed by atoms with Crippen LogP contribution >= 0.6 is 0 Å². The molecule has 5 nitrogen and oxygen atoms in total. The maximum atomic E-state index is 12.8. The van der Waals surface area contributed by atoms with Crippen molar-refractivity contribution in [2.45, 2.75) is 19.5 Å². The van der Waals surface area contributed by atoms with Crippen LogP contribution in [0, 0.1) is 0 Å². The second-order valence-corrected chi connectivity index (χ2v) is 4.01. The van der Waals surface area contributed by atoms with Crippen LogP contribution in [0.5, 0.6) is 0 Å². The van der Waals surface area contributed by atoms with Crippen LogP contribution in [0.25, 0.3) is 11.4 Å². The Kier molecular flexibility index (Phi) is 3.73. The number of alkyl halides is 3. The first-order chi connectivity index (χ1) is 9.47. The summed E-state index contributed by atoms with van der Waals surface area (Å²) in [6.07, 6.45) is -1.59. The largest absolute Gasteiger partial charge is 0.433 e. The zero-order valence-corrected chi connectivity index (χ0v) is 10.4. The second kappa shape index (κ2) is 5.32. The highest BCUT2D eigenvalue weighted by Gasteiger charge is 2.37. The molecular formula is C12H11F3N4O. The Balaban J connectivity index is 2.53. The SMILES string of the molecule is CCc1ccc(-c2n[nH]c(C(F)(F)F)c2C=NO)nc1. The fourth-order valence-electron chi connectivity index (χ4n) is 1.72. The average molecular weight is 284 g/mol. The Morgan fingerprint density at radius 3 is 2.65 bits per heavy atom. The van der Waals surface area contributed by atoms with E-state index in [1.807, 2.05) is 12.0 Å². The van der Waals surface area contributed by atoms with Gasteiger partial charge in [0.1, 0.15) is 11.4 Å². The minimum absolute atomic E-state index is 0.0159. The van der Waals surface area contributed by atoms with Gasteiger partial charge in [0.25, 0.3) is 0 Å². The molecule has 0 atom stereocenters. The Morgan fingerprint density at radius 1 is 1.40 bits per heavy atom. The van der Waals surface area contributed by atoms with Crippen LogP contribution in [-0.2, 0) is 12.6 Å². The van der Waals surface area contributed by atoms with Crippen molar-refractivity contribution < 1.29 is 18.4 Å². The summed E-state index contributed by atoms with van der Waals surface area (Å²) in [6.45, 7) is 1.94. The first-order valence-electron chi connectivity index (χ1n) is 5.75. The molecule has 0 saturated heterocycles. The summed E-state index contributed by atoms with van der Waals surface area (Å²) in [5, 5.41) is 16.7. The number of pyridine rings is 1. The molecule has 2 aromatic heterocycles. The molecule has 2 heterocycles. The van der Waals surface area contributed by atoms with Crippen LogP contribution < -0.4 is 0 Å². The summed E-state index contributed by atoms with van der Waals surface area (Å²) in [7, 11) is 0. The molecule has 0 spiro atoms. The first kappa shape index (κ1) is 14.0. The van der Waals surface area contributed by atoms with Gasteiger partial charge in [0.2, 0.25) is 0 Å². The Labute approximate surface area is 112 Å². The summed E-state index contributed by atoms with van der Waals surface area (Å²) in [5.41, 5.74) is -0.220. The number of hydrogen-bond acceptors (Lipinski definition) is 4. The Hall–Kier alpha value is -2.38. The molecule has 2 rings (SSSR count). The van der Waals surface area contributed by atoms with E-state index in [0.717, 1.165) is 12.0 Å². The number of halogens is 3. The molecule has 0 saturated carbocycles. The fourth-order valence-corrected chi connectivity index (χ4v) is 1.72. The minimum atomic E-state index is -4.62. The molecule has 0 bridgehead atoms. The fraction of sp³-hybridized carbons (Fsp3) is 0.250. The summed E-state index contributed by atoms with van der Waals surface area (Å²) >= 11 is 0. The van der Waals surface area contributed by atoms with Crippen LogP contribution in [0.3, 0.4) is 0 Å². The van der Waals surface area contributed by atoms with Gasteiger partial charge in [-0.15, -0.1) is 0 Å². The Morgan fingerprint density at radius 2 is 2.15 bits per heavy atom. The lowest BCUT2D eigenvalue weighted by molar-refractivity contribution is -0.141. The van der Waals surface area contributed by atoms with Crippen LogP contribution in [0.2, 0.25) is 0 Å². The second-order valence-electron chi connectivity index (χ2n) is 4.01. The van der Waals surface area contributed by atoms with Gasteiger partial charge in [0.05, 0.1) is 17.5 Å². The average Bonchev–Trinajstić information content (AvgIpc) is 2.83. The maximum absolute atomic E-state index is 12.8. The van der Waals surface area contributed by atoms with Gasteiger partial charge in [-0.2, -0.15) is 18.3 Å². The molecule has 0 aromatic carbocycles. The zero-order chi connectivity index (χ0) is 14.8. The van der Waals surface area contributed by atoms with Crippen LogP contribution in [-0.4, -0.2) is 26.6 Å². The van der Waals surface area contributed by atoms with Crippen molar-refractivity contribution in [3.8, 4) is 11.4 Å². The number of aromatic amines is 1. The van der Waals surface area contributed by atoms with Crippen molar-refractivity contribution >= 4 is 6.21 Å². The highest BCUT2D eigenvalue weighted by molar-refractivity contribution is 5.89. The third kappa shape index (κ3) is 2.63. The van der Waals surface area contributed by atoms with Crippen molar-refractivity contribution in [1.82, 2.24) is 15.2 Å². The van der Waals surface area contributed by atoms with Crippen LogP contribution in [0.4, 0.5) is 13.2 Å². The monoisotopic (exact) mass is 284 g/mol. The number of aryl methyl sites for hydroxylation is 1. The molecule has 0 aliphatic carbocycles. The number of hydrogen-bond donors (Lipinski definition) is 2. The Bertz CT molecular complexity index is 617. The maximum Gasteiger partial charge on any atom is 0.433 e. The van der Waals surface area contributed by atoms with Gasteiger partial charge in [0, 0.05) is 6.20 Å². The quantitative estimate of drug-likeness (QED) is 0.517. The lowest BCUT2D eigenvalue weighted by Crippen LogP contribution is -2.09. The third-order valence-electron chi connectivity index (χ3n) is 2.75. The predicted molar refractivity (Wildman–Crippen MR) is 65.6 cm³/mol. The summed E-state index contributed by atoms with van der Waals surface area (Å²) in [5.74, 6) is 0. The molecule has 0 radical (unpaired) electrons. The van der Waals surface area contributed by atoms with Gasteiger partial charge in [-0.3, -0.25) is 10.1 Å². The van der Waals surface area contributed by atoms with Crippen molar-refractivity contribution in [2.24, 2.45) is 5.16 Å². The smallest absolute Gasteiger partial charge is 0.411 e. The molecule has 0 unspecified atom stereocenters. The third-order valence-corrected chi connectivity index (χ3v) is 2.75. The standard InChI is InChI=1S/C12H11F3N4O/c1-2-7-3-4-9(16-5-7)10-8(6-17-20)11(19-18-10)12(13,14)15/h3-6,20H,2H2,1H3,(H,18,19). The van der Waals surface area contributed by atoms with Crippen LogP contribution in [0.1, 0.15) is 23.7 Å². The molecule has 2 aromatic rings. The van der Waals surface area contributed by atoms with Gasteiger partial charge in [-0.25, -0.2) is 0 Å². The molecule has 0 aliphatic rings. The topological polar surface area (TPSA) is 74.2 Å². The molecule has 0 amide bonds. The van der Waals surface area contributed by atoms with E-state index < -0.39 is 11.9 Å². The van der Waals surface area contributed by atoms with Crippen molar-refractivity contribution in [1.29, 1.82) is 0 Å². The molecule has 8 heteroatoms. The molecular weight excluding hydrogens is 273 g/mol. The van der Waals surface area contributed by atoms with Crippen molar-refractivity contribution in [2.75, 3.05) is 0 Å². The lowest BCUT2D eigenvalue weighted by atomic mass is 10.1. The van der Waals surface area contributed by atoms with Crippen molar-refractivity contribution in [3.63, 3.8) is 0 Å². The summed E-state index contributed by atoms with van der Waals surface area (Å²) in [6, 6.07) is 3.33. The number of oxime groups is 1. The number of nitrogens with zero attached hydrogens (tertiary/aromatic N) is 3. The van der Waals surface area contributed by atoms with E-state index in [9.17, 15) is 13.2 Å². The number of rotatable bonds is 3. The van der Waals surface area contributed by atoms with E-state index in [1.165, 1.54) is 0 Å². The van der Waals surface area contributed by atoms with Crippen molar-refractivity contribution in [3.05, 3.63) is 35.2 Å². The molecule has 0 fully saturated rings. The van der Waals surface area contributed by atoms with Gasteiger partial charge in [-0.1, -0.05) is 18.1 Å². The number of aromatic nitrogens is 3. The van der Waals surface area contributed by atoms with Gasteiger partial charge in [-0.05, 0) is 18.1 Å². The predicted octanol–water partition coefficient (Wildman–Crippen LogP) is 2.86. The molecule has 2 N–H and O–H groups in total. The summed E-state index contributed by atoms with van der Waals surface area (Å²) in [4.78, 5) is 4.06. The normalized spacial score (nSPS) is 12.2. The van der Waals surface area contributed by atoms with E-state index in [-0.39, 0.29) is 17.0 Å².